The minimum atomic E-state index is -0.327. The fraction of sp³-hybridized carbons (Fsp3) is 0.381. The van der Waals surface area contributed by atoms with Crippen molar-refractivity contribution in [2.75, 3.05) is 13.2 Å². The van der Waals surface area contributed by atoms with Crippen molar-refractivity contribution in [1.82, 2.24) is 0 Å². The minimum Gasteiger partial charge on any atom is -0.491 e. The lowest BCUT2D eigenvalue weighted by molar-refractivity contribution is -0.131. The molecule has 1 fully saturated rings. The fourth-order valence-corrected chi connectivity index (χ4v) is 3.89. The summed E-state index contributed by atoms with van der Waals surface area (Å²) in [4.78, 5) is 11.3. The zero-order valence-corrected chi connectivity index (χ0v) is 14.3. The molecule has 2 aliphatic rings. The largest absolute Gasteiger partial charge is 0.491 e. The van der Waals surface area contributed by atoms with Crippen molar-refractivity contribution in [2.24, 2.45) is 11.8 Å². The van der Waals surface area contributed by atoms with Gasteiger partial charge in [-0.05, 0) is 30.9 Å². The smallest absolute Gasteiger partial charge is 0.308 e. The molecule has 1 saturated carbocycles. The van der Waals surface area contributed by atoms with Crippen LogP contribution in [-0.2, 0) is 9.53 Å². The summed E-state index contributed by atoms with van der Waals surface area (Å²) in [5, 5.41) is 1.80. The van der Waals surface area contributed by atoms with Gasteiger partial charge in [0, 0.05) is 23.6 Å². The Labute approximate surface area is 147 Å². The van der Waals surface area contributed by atoms with Gasteiger partial charge in [0.2, 0.25) is 0 Å². The third-order valence-electron chi connectivity index (χ3n) is 4.99. The first-order valence-electron chi connectivity index (χ1n) is 8.83. The summed E-state index contributed by atoms with van der Waals surface area (Å²) in [6.07, 6.45) is 7.34. The van der Waals surface area contributed by atoms with E-state index in [9.17, 15) is 4.79 Å². The van der Waals surface area contributed by atoms with Gasteiger partial charge in [-0.2, -0.15) is 0 Å². The Balaban J connectivity index is 1.39. The Hall–Kier alpha value is -2.33. The molecule has 4 heteroatoms. The third kappa shape index (κ3) is 3.40. The number of esters is 1. The Morgan fingerprint density at radius 2 is 1.76 bits per heavy atom. The van der Waals surface area contributed by atoms with Crippen molar-refractivity contribution in [3.05, 3.63) is 48.6 Å². The average molecular weight is 338 g/mol. The number of fused-ring (bicyclic) bond motifs is 3. The van der Waals surface area contributed by atoms with Crippen molar-refractivity contribution in [2.45, 2.75) is 25.9 Å². The van der Waals surface area contributed by atoms with Gasteiger partial charge in [0.25, 0.3) is 0 Å². The van der Waals surface area contributed by atoms with E-state index >= 15 is 0 Å². The summed E-state index contributed by atoms with van der Waals surface area (Å²) >= 11 is 0. The molecule has 25 heavy (non-hydrogen) atoms. The second-order valence-corrected chi connectivity index (χ2v) is 6.74. The van der Waals surface area contributed by atoms with Gasteiger partial charge in [-0.3, -0.25) is 4.79 Å². The summed E-state index contributed by atoms with van der Waals surface area (Å²) in [6, 6.07) is 11.4. The second-order valence-electron chi connectivity index (χ2n) is 6.74. The quantitative estimate of drug-likeness (QED) is 0.344. The van der Waals surface area contributed by atoms with Crippen LogP contribution in [0.3, 0.4) is 0 Å². The van der Waals surface area contributed by atoms with Crippen LogP contribution in [0, 0.1) is 11.8 Å². The predicted molar refractivity (Wildman–Crippen MR) is 95.8 cm³/mol. The van der Waals surface area contributed by atoms with Crippen LogP contribution >= 0.6 is 0 Å². The molecule has 0 spiro atoms. The van der Waals surface area contributed by atoms with E-state index in [2.05, 4.69) is 12.2 Å². The van der Waals surface area contributed by atoms with E-state index in [1.807, 2.05) is 30.3 Å². The first-order chi connectivity index (χ1) is 12.2. The summed E-state index contributed by atoms with van der Waals surface area (Å²) in [7, 11) is 0. The third-order valence-corrected chi connectivity index (χ3v) is 4.99. The normalized spacial score (nSPS) is 24.0. The molecule has 0 radical (unpaired) electrons. The summed E-state index contributed by atoms with van der Waals surface area (Å²) in [5.41, 5.74) is 0. The molecule has 2 bridgehead atoms. The van der Waals surface area contributed by atoms with Gasteiger partial charge in [-0.1, -0.05) is 36.4 Å². The monoisotopic (exact) mass is 338 g/mol. The summed E-state index contributed by atoms with van der Waals surface area (Å²) < 4.78 is 17.2. The van der Waals surface area contributed by atoms with E-state index in [0.29, 0.717) is 36.9 Å². The predicted octanol–water partition coefficient (Wildman–Crippen LogP) is 4.13. The molecular formula is C21H22O4. The number of carbonyl (C=O) groups is 1. The molecule has 4 nitrogen and oxygen atoms in total. The molecule has 0 aliphatic heterocycles. The van der Waals surface area contributed by atoms with E-state index in [0.717, 1.165) is 22.9 Å². The maximum Gasteiger partial charge on any atom is 0.308 e. The molecule has 130 valence electrons. The molecule has 0 aromatic heterocycles. The Kier molecular flexibility index (Phi) is 4.45. The minimum absolute atomic E-state index is 0.327. The van der Waals surface area contributed by atoms with Gasteiger partial charge >= 0.3 is 5.97 Å². The molecule has 0 saturated heterocycles. The number of hydrogen-bond donors (Lipinski definition) is 0. The van der Waals surface area contributed by atoms with Crippen LogP contribution in [0.25, 0.3) is 10.8 Å². The number of hydrogen-bond acceptors (Lipinski definition) is 4. The van der Waals surface area contributed by atoms with Crippen LogP contribution in [0.5, 0.6) is 11.5 Å². The standard InChI is InChI=1S/C21H22O4/c1-14(22)25-20-9-8-19(17-4-2-3-5-18(17)20)23-10-11-24-21-13-15-6-7-16(21)12-15/h2-9,15-16,21H,10-13H2,1H3. The molecule has 0 heterocycles. The Bertz CT molecular complexity index is 811. The lowest BCUT2D eigenvalue weighted by Gasteiger charge is -2.19. The highest BCUT2D eigenvalue weighted by Crippen LogP contribution is 2.40. The highest BCUT2D eigenvalue weighted by molar-refractivity contribution is 5.94. The van der Waals surface area contributed by atoms with Crippen LogP contribution in [0.15, 0.2) is 48.6 Å². The van der Waals surface area contributed by atoms with Gasteiger partial charge < -0.3 is 14.2 Å². The van der Waals surface area contributed by atoms with Crippen LogP contribution in [0.1, 0.15) is 19.8 Å². The lowest BCUT2D eigenvalue weighted by Crippen LogP contribution is -2.21. The zero-order chi connectivity index (χ0) is 17.2. The molecule has 2 aromatic carbocycles. The van der Waals surface area contributed by atoms with Crippen LogP contribution in [0.2, 0.25) is 0 Å². The molecule has 4 rings (SSSR count). The molecule has 2 aliphatic carbocycles. The maximum atomic E-state index is 11.3. The zero-order valence-electron chi connectivity index (χ0n) is 14.3. The van der Waals surface area contributed by atoms with Crippen molar-refractivity contribution in [1.29, 1.82) is 0 Å². The molecule has 0 N–H and O–H groups in total. The van der Waals surface area contributed by atoms with Crippen molar-refractivity contribution < 1.29 is 19.0 Å². The Morgan fingerprint density at radius 1 is 1.00 bits per heavy atom. The first kappa shape index (κ1) is 16.2. The number of rotatable bonds is 6. The van der Waals surface area contributed by atoms with E-state index < -0.39 is 0 Å². The number of benzene rings is 2. The Morgan fingerprint density at radius 3 is 2.44 bits per heavy atom. The summed E-state index contributed by atoms with van der Waals surface area (Å²) in [6.45, 7) is 2.50. The second kappa shape index (κ2) is 6.89. The highest BCUT2D eigenvalue weighted by atomic mass is 16.5. The van der Waals surface area contributed by atoms with E-state index in [4.69, 9.17) is 14.2 Å². The number of carbonyl (C=O) groups excluding carboxylic acids is 1. The van der Waals surface area contributed by atoms with E-state index in [-0.39, 0.29) is 5.97 Å². The van der Waals surface area contributed by atoms with Crippen LogP contribution < -0.4 is 9.47 Å². The van der Waals surface area contributed by atoms with Crippen LogP contribution in [-0.4, -0.2) is 25.3 Å². The van der Waals surface area contributed by atoms with E-state index in [1.165, 1.54) is 13.3 Å². The van der Waals surface area contributed by atoms with Crippen molar-refractivity contribution in [3.8, 4) is 11.5 Å². The molecular weight excluding hydrogens is 316 g/mol. The van der Waals surface area contributed by atoms with Gasteiger partial charge in [0.1, 0.15) is 18.1 Å². The summed E-state index contributed by atoms with van der Waals surface area (Å²) in [5.74, 6) is 2.32. The topological polar surface area (TPSA) is 44.8 Å². The average Bonchev–Trinajstić information content (AvgIpc) is 3.23. The van der Waals surface area contributed by atoms with Crippen molar-refractivity contribution in [3.63, 3.8) is 0 Å². The number of allylic oxidation sites excluding steroid dienone is 1. The molecule has 2 aromatic rings. The molecule has 3 unspecified atom stereocenters. The van der Waals surface area contributed by atoms with Gasteiger partial charge in [-0.25, -0.2) is 0 Å². The number of ether oxygens (including phenoxy) is 3. The van der Waals surface area contributed by atoms with Crippen molar-refractivity contribution >= 4 is 16.7 Å². The van der Waals surface area contributed by atoms with Gasteiger partial charge in [0.15, 0.2) is 0 Å². The van der Waals surface area contributed by atoms with Crippen LogP contribution in [0.4, 0.5) is 0 Å². The maximum absolute atomic E-state index is 11.3. The van der Waals surface area contributed by atoms with Gasteiger partial charge in [0.05, 0.1) is 12.7 Å². The molecule has 3 atom stereocenters. The van der Waals surface area contributed by atoms with Gasteiger partial charge in [-0.15, -0.1) is 0 Å². The fourth-order valence-electron chi connectivity index (χ4n) is 3.89. The van der Waals surface area contributed by atoms with E-state index in [1.54, 1.807) is 6.07 Å². The lowest BCUT2D eigenvalue weighted by atomic mass is 10.0. The SMILES string of the molecule is CC(=O)Oc1ccc(OCCOC2CC3C=CC2C3)c2ccccc12. The highest BCUT2D eigenvalue weighted by Gasteiger charge is 2.36. The first-order valence-corrected chi connectivity index (χ1v) is 8.83. The molecule has 0 amide bonds.